The maximum absolute atomic E-state index is 12.1. The van der Waals surface area contributed by atoms with Crippen molar-refractivity contribution in [3.05, 3.63) is 12.2 Å². The lowest BCUT2D eigenvalue weighted by molar-refractivity contribution is -0.119. The summed E-state index contributed by atoms with van der Waals surface area (Å²) in [7, 11) is 0. The number of piperidine rings is 1. The zero-order valence-electron chi connectivity index (χ0n) is 11.2. The summed E-state index contributed by atoms with van der Waals surface area (Å²) in [5.41, 5.74) is 0. The number of Topliss-reactive ketones (excluding diaryl/α,β-unsaturated/α-hetero) is 1. The number of hydrogen-bond donors (Lipinski definition) is 1. The third-order valence-electron chi connectivity index (χ3n) is 3.47. The van der Waals surface area contributed by atoms with Crippen molar-refractivity contribution in [2.75, 3.05) is 13.1 Å². The van der Waals surface area contributed by atoms with Crippen LogP contribution in [-0.4, -0.2) is 33.6 Å². The third-order valence-corrected chi connectivity index (χ3v) is 3.47. The van der Waals surface area contributed by atoms with Crippen LogP contribution in [-0.2, 0) is 11.2 Å². The molecule has 100 valence electrons. The molecule has 2 heterocycles. The molecule has 0 amide bonds. The van der Waals surface area contributed by atoms with Crippen LogP contribution in [0.25, 0.3) is 0 Å². The Labute approximate surface area is 108 Å². The Hall–Kier alpha value is -1.23. The molecule has 0 aromatic carbocycles. The molecule has 0 saturated carbocycles. The first-order valence-electron chi connectivity index (χ1n) is 6.77. The minimum atomic E-state index is 0.259. The largest absolute Gasteiger partial charge is 0.317 e. The topological polar surface area (TPSA) is 59.8 Å². The Kier molecular flexibility index (Phi) is 4.47. The molecule has 0 aliphatic carbocycles. The van der Waals surface area contributed by atoms with E-state index in [0.717, 1.165) is 31.8 Å². The number of aromatic nitrogens is 3. The molecular formula is C13H22N4O. The Morgan fingerprint density at radius 2 is 2.22 bits per heavy atom. The zero-order chi connectivity index (χ0) is 13.0. The molecule has 0 atom stereocenters. The van der Waals surface area contributed by atoms with Crippen LogP contribution in [0, 0.1) is 5.92 Å². The van der Waals surface area contributed by atoms with Crippen LogP contribution in [0.2, 0.25) is 0 Å². The van der Waals surface area contributed by atoms with Crippen molar-refractivity contribution < 1.29 is 4.79 Å². The van der Waals surface area contributed by atoms with Crippen LogP contribution >= 0.6 is 0 Å². The molecular weight excluding hydrogens is 228 g/mol. The number of ketones is 1. The van der Waals surface area contributed by atoms with E-state index in [2.05, 4.69) is 29.2 Å². The SMILES string of the molecule is CC(C)n1ncnc1CC(=O)CC1CCNCC1. The highest BCUT2D eigenvalue weighted by Gasteiger charge is 2.18. The summed E-state index contributed by atoms with van der Waals surface area (Å²) in [6.07, 6.45) is 4.87. The van der Waals surface area contributed by atoms with Gasteiger partial charge >= 0.3 is 0 Å². The molecule has 0 spiro atoms. The number of hydrogen-bond acceptors (Lipinski definition) is 4. The van der Waals surface area contributed by atoms with E-state index in [0.29, 0.717) is 18.8 Å². The van der Waals surface area contributed by atoms with Gasteiger partial charge in [0.2, 0.25) is 0 Å². The summed E-state index contributed by atoms with van der Waals surface area (Å²) in [5.74, 6) is 1.63. The number of nitrogens with zero attached hydrogens (tertiary/aromatic N) is 3. The predicted octanol–water partition coefficient (Wildman–Crippen LogP) is 1.36. The van der Waals surface area contributed by atoms with E-state index >= 15 is 0 Å². The van der Waals surface area contributed by atoms with Crippen LogP contribution in [0.5, 0.6) is 0 Å². The first-order valence-corrected chi connectivity index (χ1v) is 6.77. The van der Waals surface area contributed by atoms with Crippen LogP contribution in [0.15, 0.2) is 6.33 Å². The van der Waals surface area contributed by atoms with Crippen molar-refractivity contribution in [1.82, 2.24) is 20.1 Å². The molecule has 1 fully saturated rings. The fourth-order valence-corrected chi connectivity index (χ4v) is 2.49. The number of rotatable bonds is 5. The van der Waals surface area contributed by atoms with E-state index in [1.807, 2.05) is 4.68 Å². The minimum Gasteiger partial charge on any atom is -0.317 e. The molecule has 5 nitrogen and oxygen atoms in total. The molecule has 18 heavy (non-hydrogen) atoms. The quantitative estimate of drug-likeness (QED) is 0.857. The van der Waals surface area contributed by atoms with Crippen molar-refractivity contribution in [2.45, 2.75) is 45.6 Å². The molecule has 0 radical (unpaired) electrons. The number of carbonyl (C=O) groups is 1. The summed E-state index contributed by atoms with van der Waals surface area (Å²) >= 11 is 0. The zero-order valence-corrected chi connectivity index (χ0v) is 11.2. The van der Waals surface area contributed by atoms with E-state index in [9.17, 15) is 4.79 Å². The first-order chi connectivity index (χ1) is 8.66. The van der Waals surface area contributed by atoms with Crippen LogP contribution in [0.3, 0.4) is 0 Å². The van der Waals surface area contributed by atoms with Crippen molar-refractivity contribution in [1.29, 1.82) is 0 Å². The van der Waals surface area contributed by atoms with Gasteiger partial charge in [-0.25, -0.2) is 9.67 Å². The van der Waals surface area contributed by atoms with E-state index in [4.69, 9.17) is 0 Å². The standard InChI is InChI=1S/C13H22N4O/c1-10(2)17-13(15-9-16-17)8-12(18)7-11-3-5-14-6-4-11/h9-11,14H,3-8H2,1-2H3. The Morgan fingerprint density at radius 1 is 1.50 bits per heavy atom. The predicted molar refractivity (Wildman–Crippen MR) is 69.3 cm³/mol. The number of nitrogens with one attached hydrogen (secondary N) is 1. The highest BCUT2D eigenvalue weighted by atomic mass is 16.1. The van der Waals surface area contributed by atoms with Gasteiger partial charge in [-0.1, -0.05) is 0 Å². The summed E-state index contributed by atoms with van der Waals surface area (Å²) in [6, 6.07) is 0.259. The van der Waals surface area contributed by atoms with Gasteiger partial charge < -0.3 is 5.32 Å². The summed E-state index contributed by atoms with van der Waals surface area (Å²) in [5, 5.41) is 7.48. The second-order valence-corrected chi connectivity index (χ2v) is 5.33. The normalized spacial score (nSPS) is 17.3. The van der Waals surface area contributed by atoms with Gasteiger partial charge in [-0.15, -0.1) is 0 Å². The number of carbonyl (C=O) groups excluding carboxylic acids is 1. The maximum Gasteiger partial charge on any atom is 0.140 e. The monoisotopic (exact) mass is 250 g/mol. The molecule has 0 bridgehead atoms. The van der Waals surface area contributed by atoms with Crippen LogP contribution in [0.4, 0.5) is 0 Å². The summed E-state index contributed by atoms with van der Waals surface area (Å²) < 4.78 is 1.83. The Balaban J connectivity index is 1.88. The molecule has 0 unspecified atom stereocenters. The second-order valence-electron chi connectivity index (χ2n) is 5.33. The van der Waals surface area contributed by atoms with Gasteiger partial charge in [0.1, 0.15) is 17.9 Å². The second kappa shape index (κ2) is 6.09. The van der Waals surface area contributed by atoms with Crippen molar-refractivity contribution >= 4 is 5.78 Å². The summed E-state index contributed by atoms with van der Waals surface area (Å²) in [6.45, 7) is 6.19. The van der Waals surface area contributed by atoms with E-state index in [-0.39, 0.29) is 11.8 Å². The molecule has 1 aliphatic heterocycles. The van der Waals surface area contributed by atoms with Crippen molar-refractivity contribution in [2.24, 2.45) is 5.92 Å². The smallest absolute Gasteiger partial charge is 0.140 e. The lowest BCUT2D eigenvalue weighted by Crippen LogP contribution is -2.29. The van der Waals surface area contributed by atoms with Gasteiger partial charge in [0, 0.05) is 12.5 Å². The van der Waals surface area contributed by atoms with Crippen molar-refractivity contribution in [3.8, 4) is 0 Å². The lowest BCUT2D eigenvalue weighted by atomic mass is 9.92. The molecule has 1 aromatic rings. The molecule has 1 N–H and O–H groups in total. The van der Waals surface area contributed by atoms with E-state index in [1.165, 1.54) is 6.33 Å². The average Bonchev–Trinajstić information content (AvgIpc) is 2.78. The van der Waals surface area contributed by atoms with Crippen molar-refractivity contribution in [3.63, 3.8) is 0 Å². The first kappa shape index (κ1) is 13.2. The van der Waals surface area contributed by atoms with Gasteiger partial charge in [-0.05, 0) is 45.7 Å². The van der Waals surface area contributed by atoms with Crippen LogP contribution in [0.1, 0.15) is 45.0 Å². The maximum atomic E-state index is 12.1. The molecule has 2 rings (SSSR count). The Bertz CT molecular complexity index is 393. The minimum absolute atomic E-state index is 0.259. The Morgan fingerprint density at radius 3 is 2.89 bits per heavy atom. The molecule has 1 saturated heterocycles. The van der Waals surface area contributed by atoms with E-state index < -0.39 is 0 Å². The molecule has 1 aromatic heterocycles. The third kappa shape index (κ3) is 3.38. The van der Waals surface area contributed by atoms with Gasteiger partial charge in [-0.3, -0.25) is 4.79 Å². The fraction of sp³-hybridized carbons (Fsp3) is 0.769. The van der Waals surface area contributed by atoms with Gasteiger partial charge in [0.05, 0.1) is 6.42 Å². The molecule has 1 aliphatic rings. The average molecular weight is 250 g/mol. The van der Waals surface area contributed by atoms with Gasteiger partial charge in [0.15, 0.2) is 0 Å². The highest BCUT2D eigenvalue weighted by Crippen LogP contribution is 2.17. The summed E-state index contributed by atoms with van der Waals surface area (Å²) in [4.78, 5) is 16.2. The van der Waals surface area contributed by atoms with E-state index in [1.54, 1.807) is 0 Å². The van der Waals surface area contributed by atoms with Crippen LogP contribution < -0.4 is 5.32 Å². The highest BCUT2D eigenvalue weighted by molar-refractivity contribution is 5.80. The van der Waals surface area contributed by atoms with Gasteiger partial charge in [0.25, 0.3) is 0 Å². The fourth-order valence-electron chi connectivity index (χ4n) is 2.49. The lowest BCUT2D eigenvalue weighted by Gasteiger charge is -2.21. The van der Waals surface area contributed by atoms with Gasteiger partial charge in [-0.2, -0.15) is 5.10 Å². The molecule has 5 heteroatoms.